The van der Waals surface area contributed by atoms with E-state index in [2.05, 4.69) is 40.2 Å². The second kappa shape index (κ2) is 5.74. The number of benzene rings is 1. The number of aryl methyl sites for hydroxylation is 1. The molecule has 0 radical (unpaired) electrons. The van der Waals surface area contributed by atoms with Crippen LogP contribution in [-0.2, 0) is 16.3 Å². The number of fused-ring (bicyclic) bond motifs is 1. The molecule has 1 aromatic carbocycles. The van der Waals surface area contributed by atoms with Gasteiger partial charge >= 0.3 is 0 Å². The molecule has 0 heterocycles. The summed E-state index contributed by atoms with van der Waals surface area (Å²) in [5.74, 6) is 0.713. The van der Waals surface area contributed by atoms with E-state index in [0.717, 1.165) is 25.7 Å². The van der Waals surface area contributed by atoms with Gasteiger partial charge in [0, 0.05) is 11.1 Å². The average Bonchev–Trinajstić information content (AvgIpc) is 2.46. The standard InChI is InChI=1S/C14H19BrO2S/c1-18(16,17)10-9-12-7-4-6-11-5-2-3-8-13(11)14(12)15/h2-3,5,8,12,14H,4,6-7,9-10H2,1H3. The normalized spacial score (nSPS) is 24.3. The Labute approximate surface area is 118 Å². The average molecular weight is 331 g/mol. The van der Waals surface area contributed by atoms with Crippen molar-refractivity contribution in [3.8, 4) is 0 Å². The van der Waals surface area contributed by atoms with Gasteiger partial charge in [0.15, 0.2) is 0 Å². The SMILES string of the molecule is CS(=O)(=O)CCC1CCCc2ccccc2C1Br. The van der Waals surface area contributed by atoms with E-state index in [1.54, 1.807) is 0 Å². The lowest BCUT2D eigenvalue weighted by atomic mass is 9.94. The second-order valence-corrected chi connectivity index (χ2v) is 8.42. The van der Waals surface area contributed by atoms with Crippen LogP contribution in [-0.4, -0.2) is 20.4 Å². The fraction of sp³-hybridized carbons (Fsp3) is 0.571. The van der Waals surface area contributed by atoms with Crippen LogP contribution in [0, 0.1) is 5.92 Å². The Hall–Kier alpha value is -0.350. The minimum Gasteiger partial charge on any atom is -0.229 e. The zero-order chi connectivity index (χ0) is 13.2. The molecule has 0 amide bonds. The highest BCUT2D eigenvalue weighted by Gasteiger charge is 2.26. The number of hydrogen-bond donors (Lipinski definition) is 0. The largest absolute Gasteiger partial charge is 0.229 e. The Morgan fingerprint density at radius 2 is 2.06 bits per heavy atom. The molecule has 2 unspecified atom stereocenters. The number of halogens is 1. The van der Waals surface area contributed by atoms with E-state index in [1.807, 2.05) is 0 Å². The summed E-state index contributed by atoms with van der Waals surface area (Å²) in [6.45, 7) is 0. The number of hydrogen-bond acceptors (Lipinski definition) is 2. The zero-order valence-electron chi connectivity index (χ0n) is 10.6. The molecule has 4 heteroatoms. The van der Waals surface area contributed by atoms with Crippen LogP contribution in [0.2, 0.25) is 0 Å². The summed E-state index contributed by atoms with van der Waals surface area (Å²) in [6.07, 6.45) is 5.42. The topological polar surface area (TPSA) is 34.1 Å². The second-order valence-electron chi connectivity index (χ2n) is 5.17. The Morgan fingerprint density at radius 1 is 1.33 bits per heavy atom. The number of sulfone groups is 1. The monoisotopic (exact) mass is 330 g/mol. The maximum atomic E-state index is 11.3. The Balaban J connectivity index is 2.15. The third kappa shape index (κ3) is 3.58. The highest BCUT2D eigenvalue weighted by Crippen LogP contribution is 2.40. The summed E-state index contributed by atoms with van der Waals surface area (Å²) in [7, 11) is -2.86. The van der Waals surface area contributed by atoms with E-state index in [9.17, 15) is 8.42 Å². The lowest BCUT2D eigenvalue weighted by molar-refractivity contribution is 0.461. The fourth-order valence-electron chi connectivity index (χ4n) is 2.64. The molecule has 18 heavy (non-hydrogen) atoms. The molecular weight excluding hydrogens is 312 g/mol. The van der Waals surface area contributed by atoms with Crippen molar-refractivity contribution in [2.45, 2.75) is 30.5 Å². The summed E-state index contributed by atoms with van der Waals surface area (Å²) < 4.78 is 22.6. The van der Waals surface area contributed by atoms with Crippen LogP contribution in [0.4, 0.5) is 0 Å². The quantitative estimate of drug-likeness (QED) is 0.627. The van der Waals surface area contributed by atoms with Crippen molar-refractivity contribution < 1.29 is 8.42 Å². The van der Waals surface area contributed by atoms with Gasteiger partial charge in [-0.15, -0.1) is 0 Å². The molecule has 0 aromatic heterocycles. The van der Waals surface area contributed by atoms with E-state index in [1.165, 1.54) is 17.4 Å². The predicted octanol–water partition coefficient (Wildman–Crippen LogP) is 3.51. The first kappa shape index (κ1) is 14.1. The maximum Gasteiger partial charge on any atom is 0.147 e. The molecule has 1 aliphatic carbocycles. The molecule has 100 valence electrons. The van der Waals surface area contributed by atoms with Gasteiger partial charge < -0.3 is 0 Å². The van der Waals surface area contributed by atoms with Gasteiger partial charge in [-0.3, -0.25) is 0 Å². The van der Waals surface area contributed by atoms with Gasteiger partial charge in [-0.2, -0.15) is 0 Å². The smallest absolute Gasteiger partial charge is 0.147 e. The highest BCUT2D eigenvalue weighted by molar-refractivity contribution is 9.09. The first-order valence-electron chi connectivity index (χ1n) is 6.37. The molecule has 1 aliphatic rings. The van der Waals surface area contributed by atoms with Crippen LogP contribution in [0.5, 0.6) is 0 Å². The van der Waals surface area contributed by atoms with Crippen LogP contribution in [0.1, 0.15) is 35.2 Å². The van der Waals surface area contributed by atoms with Gasteiger partial charge in [-0.25, -0.2) is 8.42 Å². The summed E-state index contributed by atoms with van der Waals surface area (Å²) >= 11 is 3.78. The van der Waals surface area contributed by atoms with Crippen LogP contribution in [0.15, 0.2) is 24.3 Å². The predicted molar refractivity (Wildman–Crippen MR) is 78.9 cm³/mol. The zero-order valence-corrected chi connectivity index (χ0v) is 13.0. The van der Waals surface area contributed by atoms with Gasteiger partial charge in [-0.1, -0.05) is 40.2 Å². The van der Waals surface area contributed by atoms with Gasteiger partial charge in [0.05, 0.1) is 5.75 Å². The van der Waals surface area contributed by atoms with E-state index in [4.69, 9.17) is 0 Å². The van der Waals surface area contributed by atoms with Gasteiger partial charge in [-0.05, 0) is 42.7 Å². The Bertz CT molecular complexity index is 510. The fourth-order valence-corrected chi connectivity index (χ4v) is 4.35. The molecule has 1 aromatic rings. The summed E-state index contributed by atoms with van der Waals surface area (Å²) in [5.41, 5.74) is 2.75. The third-order valence-corrected chi connectivity index (χ3v) is 5.86. The van der Waals surface area contributed by atoms with Gasteiger partial charge in [0.1, 0.15) is 9.84 Å². The van der Waals surface area contributed by atoms with Crippen LogP contribution in [0.3, 0.4) is 0 Å². The van der Waals surface area contributed by atoms with E-state index in [-0.39, 0.29) is 4.83 Å². The van der Waals surface area contributed by atoms with Crippen molar-refractivity contribution in [3.63, 3.8) is 0 Å². The molecule has 0 fully saturated rings. The van der Waals surface area contributed by atoms with Crippen molar-refractivity contribution >= 4 is 25.8 Å². The third-order valence-electron chi connectivity index (χ3n) is 3.65. The van der Waals surface area contributed by atoms with Gasteiger partial charge in [0.25, 0.3) is 0 Å². The Kier molecular flexibility index (Phi) is 4.49. The van der Waals surface area contributed by atoms with Crippen LogP contribution >= 0.6 is 15.9 Å². The van der Waals surface area contributed by atoms with Crippen molar-refractivity contribution in [1.29, 1.82) is 0 Å². The lowest BCUT2D eigenvalue weighted by Gasteiger charge is -2.21. The molecular formula is C14H19BrO2S. The molecule has 0 saturated carbocycles. The number of rotatable bonds is 3. The molecule has 0 aliphatic heterocycles. The van der Waals surface area contributed by atoms with Crippen LogP contribution < -0.4 is 0 Å². The Morgan fingerprint density at radius 3 is 2.78 bits per heavy atom. The first-order valence-corrected chi connectivity index (χ1v) is 9.34. The van der Waals surface area contributed by atoms with Crippen molar-refractivity contribution in [2.75, 3.05) is 12.0 Å². The minimum atomic E-state index is -2.86. The summed E-state index contributed by atoms with van der Waals surface area (Å²) in [5, 5.41) is 0. The highest BCUT2D eigenvalue weighted by atomic mass is 79.9. The molecule has 0 bridgehead atoms. The minimum absolute atomic E-state index is 0.290. The van der Waals surface area contributed by atoms with E-state index in [0.29, 0.717) is 11.7 Å². The molecule has 0 saturated heterocycles. The van der Waals surface area contributed by atoms with E-state index >= 15 is 0 Å². The van der Waals surface area contributed by atoms with Gasteiger partial charge in [0.2, 0.25) is 0 Å². The summed E-state index contributed by atoms with van der Waals surface area (Å²) in [6, 6.07) is 8.48. The van der Waals surface area contributed by atoms with Crippen molar-refractivity contribution in [2.24, 2.45) is 5.92 Å². The molecule has 0 spiro atoms. The summed E-state index contributed by atoms with van der Waals surface area (Å²) in [4.78, 5) is 0.290. The first-order chi connectivity index (χ1) is 8.47. The maximum absolute atomic E-state index is 11.3. The molecule has 0 N–H and O–H groups in total. The lowest BCUT2D eigenvalue weighted by Crippen LogP contribution is -2.13. The molecule has 2 atom stereocenters. The van der Waals surface area contributed by atoms with E-state index < -0.39 is 9.84 Å². The van der Waals surface area contributed by atoms with Crippen molar-refractivity contribution in [3.05, 3.63) is 35.4 Å². The molecule has 2 nitrogen and oxygen atoms in total. The molecule has 2 rings (SSSR count). The van der Waals surface area contributed by atoms with Crippen molar-refractivity contribution in [1.82, 2.24) is 0 Å². The van der Waals surface area contributed by atoms with Crippen LogP contribution in [0.25, 0.3) is 0 Å². The number of alkyl halides is 1.